The Morgan fingerprint density at radius 2 is 2.00 bits per heavy atom. The highest BCUT2D eigenvalue weighted by atomic mass is 16.2. The molecule has 0 radical (unpaired) electrons. The van der Waals surface area contributed by atoms with Crippen molar-refractivity contribution in [3.8, 4) is 0 Å². The Morgan fingerprint density at radius 3 is 2.68 bits per heavy atom. The van der Waals surface area contributed by atoms with Crippen LogP contribution in [0.25, 0.3) is 0 Å². The molecule has 2 aromatic rings. The Balaban J connectivity index is 1.73. The summed E-state index contributed by atoms with van der Waals surface area (Å²) in [6.07, 6.45) is 1.05. The van der Waals surface area contributed by atoms with Crippen LogP contribution in [-0.2, 0) is 0 Å². The van der Waals surface area contributed by atoms with Gasteiger partial charge >= 0.3 is 0 Å². The van der Waals surface area contributed by atoms with E-state index >= 15 is 0 Å². The number of nitrogens with zero attached hydrogens (tertiary/aromatic N) is 4. The number of carbonyl (C=O) groups is 1. The monoisotopic (exact) mass is 381 g/mol. The third-order valence-corrected chi connectivity index (χ3v) is 5.48. The molecule has 6 heteroatoms. The zero-order chi connectivity index (χ0) is 20.4. The summed E-state index contributed by atoms with van der Waals surface area (Å²) in [5.74, 6) is 0.990. The zero-order valence-electron chi connectivity index (χ0n) is 17.8. The normalized spacial score (nSPS) is 17.6. The summed E-state index contributed by atoms with van der Waals surface area (Å²) < 4.78 is 0. The van der Waals surface area contributed by atoms with Gasteiger partial charge < -0.3 is 15.1 Å². The minimum absolute atomic E-state index is 0.161. The first-order valence-corrected chi connectivity index (χ1v) is 9.90. The number of aromatic nitrogens is 2. The number of hydrogen-bond acceptors (Lipinski definition) is 5. The molecule has 0 saturated carbocycles. The van der Waals surface area contributed by atoms with Crippen molar-refractivity contribution in [2.45, 2.75) is 46.2 Å². The van der Waals surface area contributed by atoms with Crippen molar-refractivity contribution in [3.05, 3.63) is 52.5 Å². The lowest BCUT2D eigenvalue weighted by Crippen LogP contribution is -2.35. The second kappa shape index (κ2) is 8.27. The molecule has 1 aromatic heterocycles. The van der Waals surface area contributed by atoms with Crippen molar-refractivity contribution < 1.29 is 4.79 Å². The van der Waals surface area contributed by atoms with Gasteiger partial charge in [0, 0.05) is 50.5 Å². The molecule has 2 atom stereocenters. The Kier molecular flexibility index (Phi) is 5.98. The molecule has 1 amide bonds. The fraction of sp³-hybridized carbons (Fsp3) is 0.500. The summed E-state index contributed by atoms with van der Waals surface area (Å²) >= 11 is 0. The van der Waals surface area contributed by atoms with Crippen LogP contribution in [0, 0.1) is 20.8 Å². The summed E-state index contributed by atoms with van der Waals surface area (Å²) in [5, 5.41) is 3.75. The highest BCUT2D eigenvalue weighted by Crippen LogP contribution is 2.25. The fourth-order valence-electron chi connectivity index (χ4n) is 3.70. The van der Waals surface area contributed by atoms with E-state index in [4.69, 9.17) is 0 Å². The standard InChI is InChI=1S/C22H31N5O/c1-14-8-7-9-18(12-14)17(4)23-19-10-11-27(13-19)21-15(2)16(3)24-20(25-21)22(28)26(5)6/h7-9,12,17,19,23H,10-11,13H2,1-6H3/t17?,19-/m1/s1. The first kappa shape index (κ1) is 20.3. The molecule has 0 spiro atoms. The van der Waals surface area contributed by atoms with Crippen LogP contribution in [-0.4, -0.2) is 54.0 Å². The third kappa shape index (κ3) is 4.33. The van der Waals surface area contributed by atoms with Crippen molar-refractivity contribution in [2.24, 2.45) is 0 Å². The number of carbonyl (C=O) groups excluding carboxylic acids is 1. The summed E-state index contributed by atoms with van der Waals surface area (Å²) in [4.78, 5) is 25.1. The van der Waals surface area contributed by atoms with E-state index in [0.717, 1.165) is 36.6 Å². The van der Waals surface area contributed by atoms with Gasteiger partial charge in [-0.05, 0) is 39.7 Å². The van der Waals surface area contributed by atoms with Gasteiger partial charge in [0.05, 0.1) is 0 Å². The van der Waals surface area contributed by atoms with Gasteiger partial charge in [0.25, 0.3) is 5.91 Å². The van der Waals surface area contributed by atoms with E-state index in [-0.39, 0.29) is 11.7 Å². The van der Waals surface area contributed by atoms with Crippen LogP contribution >= 0.6 is 0 Å². The summed E-state index contributed by atoms with van der Waals surface area (Å²) in [5.41, 5.74) is 4.50. The Morgan fingerprint density at radius 1 is 1.25 bits per heavy atom. The van der Waals surface area contributed by atoms with Gasteiger partial charge in [-0.25, -0.2) is 9.97 Å². The lowest BCUT2D eigenvalue weighted by Gasteiger charge is -2.23. The molecular weight excluding hydrogens is 350 g/mol. The molecule has 0 bridgehead atoms. The maximum Gasteiger partial charge on any atom is 0.291 e. The molecule has 2 heterocycles. The van der Waals surface area contributed by atoms with Gasteiger partial charge in [-0.2, -0.15) is 0 Å². The van der Waals surface area contributed by atoms with Gasteiger partial charge in [0.2, 0.25) is 5.82 Å². The first-order chi connectivity index (χ1) is 13.3. The van der Waals surface area contributed by atoms with Gasteiger partial charge in [-0.1, -0.05) is 29.8 Å². The SMILES string of the molecule is Cc1cccc(C(C)N[C@@H]2CCN(c3nc(C(=O)N(C)C)nc(C)c3C)C2)c1. The van der Waals surface area contributed by atoms with Gasteiger partial charge in [0.1, 0.15) is 5.82 Å². The molecule has 28 heavy (non-hydrogen) atoms. The Hall–Kier alpha value is -2.47. The van der Waals surface area contributed by atoms with E-state index < -0.39 is 0 Å². The van der Waals surface area contributed by atoms with Gasteiger partial charge in [0.15, 0.2) is 0 Å². The molecule has 1 fully saturated rings. The number of hydrogen-bond donors (Lipinski definition) is 1. The second-order valence-corrected chi connectivity index (χ2v) is 8.01. The minimum Gasteiger partial charge on any atom is -0.355 e. The molecule has 1 aliphatic rings. The Bertz CT molecular complexity index is 864. The van der Waals surface area contributed by atoms with E-state index in [1.165, 1.54) is 16.0 Å². The van der Waals surface area contributed by atoms with Crippen LogP contribution in [0.2, 0.25) is 0 Å². The topological polar surface area (TPSA) is 61.4 Å². The van der Waals surface area contributed by atoms with Gasteiger partial charge in [-0.3, -0.25) is 4.79 Å². The van der Waals surface area contributed by atoms with E-state index in [0.29, 0.717) is 12.1 Å². The average molecular weight is 382 g/mol. The van der Waals surface area contributed by atoms with E-state index in [2.05, 4.69) is 58.3 Å². The molecule has 1 N–H and O–H groups in total. The maximum absolute atomic E-state index is 12.3. The van der Waals surface area contributed by atoms with Crippen molar-refractivity contribution in [3.63, 3.8) is 0 Å². The number of rotatable bonds is 5. The van der Waals surface area contributed by atoms with Crippen molar-refractivity contribution in [2.75, 3.05) is 32.1 Å². The Labute approximate surface area is 168 Å². The maximum atomic E-state index is 12.3. The average Bonchev–Trinajstić information content (AvgIpc) is 3.11. The fourth-order valence-corrected chi connectivity index (χ4v) is 3.70. The van der Waals surface area contributed by atoms with Crippen molar-refractivity contribution in [1.29, 1.82) is 0 Å². The molecule has 1 saturated heterocycles. The predicted octanol–water partition coefficient (Wildman–Crippen LogP) is 3.03. The van der Waals surface area contributed by atoms with Crippen LogP contribution in [0.4, 0.5) is 5.82 Å². The van der Waals surface area contributed by atoms with E-state index in [1.54, 1.807) is 14.1 Å². The summed E-state index contributed by atoms with van der Waals surface area (Å²) in [7, 11) is 3.45. The highest BCUT2D eigenvalue weighted by molar-refractivity contribution is 5.90. The van der Waals surface area contributed by atoms with Crippen LogP contribution < -0.4 is 10.2 Å². The number of anilines is 1. The first-order valence-electron chi connectivity index (χ1n) is 9.90. The predicted molar refractivity (Wildman–Crippen MR) is 113 cm³/mol. The van der Waals surface area contributed by atoms with Crippen LogP contribution in [0.3, 0.4) is 0 Å². The largest absolute Gasteiger partial charge is 0.355 e. The molecule has 150 valence electrons. The second-order valence-electron chi connectivity index (χ2n) is 8.01. The smallest absolute Gasteiger partial charge is 0.291 e. The molecule has 1 aliphatic heterocycles. The van der Waals surface area contributed by atoms with Crippen LogP contribution in [0.1, 0.15) is 52.4 Å². The third-order valence-electron chi connectivity index (χ3n) is 5.48. The molecule has 0 aliphatic carbocycles. The number of nitrogens with one attached hydrogen (secondary N) is 1. The number of aryl methyl sites for hydroxylation is 2. The lowest BCUT2D eigenvalue weighted by atomic mass is 10.0. The zero-order valence-corrected chi connectivity index (χ0v) is 17.8. The lowest BCUT2D eigenvalue weighted by molar-refractivity contribution is 0.0815. The minimum atomic E-state index is -0.161. The molecule has 6 nitrogen and oxygen atoms in total. The molecule has 3 rings (SSSR count). The quantitative estimate of drug-likeness (QED) is 0.863. The van der Waals surface area contributed by atoms with E-state index in [9.17, 15) is 4.79 Å². The summed E-state index contributed by atoms with van der Waals surface area (Å²) in [6, 6.07) is 9.33. The highest BCUT2D eigenvalue weighted by Gasteiger charge is 2.27. The number of amides is 1. The van der Waals surface area contributed by atoms with E-state index in [1.807, 2.05) is 13.8 Å². The summed E-state index contributed by atoms with van der Waals surface area (Å²) in [6.45, 7) is 10.1. The molecule has 1 unspecified atom stereocenters. The van der Waals surface area contributed by atoms with Gasteiger partial charge in [-0.15, -0.1) is 0 Å². The van der Waals surface area contributed by atoms with Crippen LogP contribution in [0.15, 0.2) is 24.3 Å². The molecule has 1 aromatic carbocycles. The van der Waals surface area contributed by atoms with Crippen molar-refractivity contribution in [1.82, 2.24) is 20.2 Å². The van der Waals surface area contributed by atoms with Crippen LogP contribution in [0.5, 0.6) is 0 Å². The van der Waals surface area contributed by atoms with Crippen molar-refractivity contribution >= 4 is 11.7 Å². The number of benzene rings is 1. The molecular formula is C22H31N5O.